The minimum Gasteiger partial charge on any atom is -0.463 e. The quantitative estimate of drug-likeness (QED) is 0.125. The molecule has 0 heterocycles. The van der Waals surface area contributed by atoms with E-state index in [4.69, 9.17) is 37.9 Å². The molecule has 0 saturated heterocycles. The second-order valence-electron chi connectivity index (χ2n) is 7.32. The van der Waals surface area contributed by atoms with Crippen LogP contribution in [0.5, 0.6) is 0 Å². The van der Waals surface area contributed by atoms with Crippen LogP contribution in [0.25, 0.3) is 0 Å². The maximum absolute atomic E-state index is 11.3. The molecule has 0 aliphatic carbocycles. The summed E-state index contributed by atoms with van der Waals surface area (Å²) < 4.78 is 42.3. The van der Waals surface area contributed by atoms with E-state index in [9.17, 15) is 9.59 Å². The molecule has 0 aromatic rings. The third-order valence-corrected chi connectivity index (χ3v) is 4.31. The van der Waals surface area contributed by atoms with Crippen LogP contribution in [-0.2, 0) is 47.5 Å². The van der Waals surface area contributed by atoms with Crippen LogP contribution in [0.3, 0.4) is 0 Å². The van der Waals surface area contributed by atoms with Crippen LogP contribution in [0.4, 0.5) is 0 Å². The average Bonchev–Trinajstić information content (AvgIpc) is 2.84. The van der Waals surface area contributed by atoms with E-state index < -0.39 is 0 Å². The molecule has 0 aromatic carbocycles. The molecule has 0 aliphatic rings. The van der Waals surface area contributed by atoms with Gasteiger partial charge in [-0.2, -0.15) is 0 Å². The summed E-state index contributed by atoms with van der Waals surface area (Å²) in [5.41, 5.74) is 0. The first kappa shape index (κ1) is 32.7. The van der Waals surface area contributed by atoms with E-state index in [2.05, 4.69) is 0 Å². The third-order valence-electron chi connectivity index (χ3n) is 4.31. The lowest BCUT2D eigenvalue weighted by Crippen LogP contribution is -2.15. The van der Waals surface area contributed by atoms with Gasteiger partial charge < -0.3 is 37.9 Å². The summed E-state index contributed by atoms with van der Waals surface area (Å²) >= 11 is 0. The van der Waals surface area contributed by atoms with Crippen molar-refractivity contribution in [2.45, 2.75) is 52.4 Å². The van der Waals surface area contributed by atoms with Crippen molar-refractivity contribution in [1.29, 1.82) is 0 Å². The molecular formula is C24H46O10. The van der Waals surface area contributed by atoms with E-state index >= 15 is 0 Å². The van der Waals surface area contributed by atoms with Gasteiger partial charge in [-0.05, 0) is 12.8 Å². The smallest absolute Gasteiger partial charge is 0.305 e. The van der Waals surface area contributed by atoms with Crippen molar-refractivity contribution in [2.24, 2.45) is 0 Å². The molecule has 10 heteroatoms. The Morgan fingerprint density at radius 3 is 0.882 bits per heavy atom. The standard InChI is InChI=1S/C24H46O10/c1-3-5-7-23(25)33-21-19-31-17-15-29-13-11-27-9-10-28-12-14-30-16-18-32-20-22-34-24(26)8-6-4-2/h3-22H2,1-2H3. The molecule has 0 unspecified atom stereocenters. The number of esters is 2. The SMILES string of the molecule is CCCCC(=O)OCCOCCOCCOCCOCCOCCOCCOC(=O)CCCC. The lowest BCUT2D eigenvalue weighted by molar-refractivity contribution is -0.146. The highest BCUT2D eigenvalue weighted by molar-refractivity contribution is 5.69. The van der Waals surface area contributed by atoms with E-state index in [0.29, 0.717) is 92.1 Å². The van der Waals surface area contributed by atoms with Gasteiger partial charge in [0.1, 0.15) is 13.2 Å². The Kier molecular flexibility index (Phi) is 26.9. The van der Waals surface area contributed by atoms with Crippen molar-refractivity contribution in [3.05, 3.63) is 0 Å². The van der Waals surface area contributed by atoms with Gasteiger partial charge in [-0.15, -0.1) is 0 Å². The first-order valence-electron chi connectivity index (χ1n) is 12.5. The van der Waals surface area contributed by atoms with Gasteiger partial charge in [-0.1, -0.05) is 26.7 Å². The van der Waals surface area contributed by atoms with Crippen molar-refractivity contribution in [2.75, 3.05) is 92.5 Å². The molecule has 0 aliphatic heterocycles. The first-order chi connectivity index (χ1) is 16.7. The first-order valence-corrected chi connectivity index (χ1v) is 12.5. The molecule has 0 bridgehead atoms. The summed E-state index contributed by atoms with van der Waals surface area (Å²) in [5, 5.41) is 0. The molecule has 0 amide bonds. The van der Waals surface area contributed by atoms with Crippen molar-refractivity contribution in [3.8, 4) is 0 Å². The largest absolute Gasteiger partial charge is 0.463 e. The Hall–Kier alpha value is -1.30. The summed E-state index contributed by atoms with van der Waals surface area (Å²) in [5.74, 6) is -0.342. The van der Waals surface area contributed by atoms with Crippen LogP contribution >= 0.6 is 0 Å². The summed E-state index contributed by atoms with van der Waals surface area (Å²) in [6.45, 7) is 10.1. The highest BCUT2D eigenvalue weighted by Gasteiger charge is 2.02. The van der Waals surface area contributed by atoms with Gasteiger partial charge in [0.15, 0.2) is 0 Å². The van der Waals surface area contributed by atoms with Crippen molar-refractivity contribution >= 4 is 11.9 Å². The zero-order valence-corrected chi connectivity index (χ0v) is 21.2. The zero-order chi connectivity index (χ0) is 25.0. The zero-order valence-electron chi connectivity index (χ0n) is 21.2. The van der Waals surface area contributed by atoms with Crippen LogP contribution in [0.2, 0.25) is 0 Å². The van der Waals surface area contributed by atoms with Gasteiger partial charge in [0.2, 0.25) is 0 Å². The monoisotopic (exact) mass is 494 g/mol. The fraction of sp³-hybridized carbons (Fsp3) is 0.917. The maximum atomic E-state index is 11.3. The van der Waals surface area contributed by atoms with E-state index in [-0.39, 0.29) is 25.2 Å². The topological polar surface area (TPSA) is 108 Å². The molecular weight excluding hydrogens is 448 g/mol. The van der Waals surface area contributed by atoms with E-state index in [0.717, 1.165) is 25.7 Å². The highest BCUT2D eigenvalue weighted by atomic mass is 16.6. The number of hydrogen-bond donors (Lipinski definition) is 0. The normalized spacial score (nSPS) is 11.0. The minimum absolute atomic E-state index is 0.171. The van der Waals surface area contributed by atoms with Crippen LogP contribution in [-0.4, -0.2) is 104 Å². The Bertz CT molecular complexity index is 407. The lowest BCUT2D eigenvalue weighted by atomic mass is 10.2. The third kappa shape index (κ3) is 26.9. The minimum atomic E-state index is -0.171. The summed E-state index contributed by atoms with van der Waals surface area (Å²) in [6.07, 6.45) is 4.61. The van der Waals surface area contributed by atoms with Gasteiger partial charge in [0.05, 0.1) is 79.3 Å². The fourth-order valence-electron chi connectivity index (χ4n) is 2.42. The number of hydrogen-bond acceptors (Lipinski definition) is 10. The Balaban J connectivity index is 3.10. The molecule has 0 radical (unpaired) electrons. The maximum Gasteiger partial charge on any atom is 0.305 e. The van der Waals surface area contributed by atoms with E-state index in [1.807, 2.05) is 13.8 Å². The van der Waals surface area contributed by atoms with Crippen LogP contribution in [0, 0.1) is 0 Å². The highest BCUT2D eigenvalue weighted by Crippen LogP contribution is 1.97. The fourth-order valence-corrected chi connectivity index (χ4v) is 2.42. The summed E-state index contributed by atoms with van der Waals surface area (Å²) in [7, 11) is 0. The van der Waals surface area contributed by atoms with Crippen LogP contribution in [0.1, 0.15) is 52.4 Å². The molecule has 0 saturated carbocycles. The Labute approximate surface area is 204 Å². The van der Waals surface area contributed by atoms with E-state index in [1.54, 1.807) is 0 Å². The molecule has 0 aromatic heterocycles. The lowest BCUT2D eigenvalue weighted by Gasteiger charge is -2.08. The molecule has 34 heavy (non-hydrogen) atoms. The number of unbranched alkanes of at least 4 members (excludes halogenated alkanes) is 2. The predicted octanol–water partition coefficient (Wildman–Crippen LogP) is 2.55. The molecule has 0 rings (SSSR count). The molecule has 10 nitrogen and oxygen atoms in total. The van der Waals surface area contributed by atoms with Crippen LogP contribution in [0.15, 0.2) is 0 Å². The van der Waals surface area contributed by atoms with Gasteiger partial charge in [-0.25, -0.2) is 0 Å². The molecule has 0 atom stereocenters. The number of carbonyl (C=O) groups is 2. The summed E-state index contributed by atoms with van der Waals surface area (Å²) in [4.78, 5) is 22.6. The average molecular weight is 495 g/mol. The van der Waals surface area contributed by atoms with Gasteiger partial charge >= 0.3 is 11.9 Å². The molecule has 0 N–H and O–H groups in total. The van der Waals surface area contributed by atoms with Crippen molar-refractivity contribution < 1.29 is 47.5 Å². The van der Waals surface area contributed by atoms with Crippen LogP contribution < -0.4 is 0 Å². The van der Waals surface area contributed by atoms with Crippen molar-refractivity contribution in [1.82, 2.24) is 0 Å². The van der Waals surface area contributed by atoms with Gasteiger partial charge in [0.25, 0.3) is 0 Å². The molecule has 0 spiro atoms. The number of rotatable bonds is 27. The van der Waals surface area contributed by atoms with E-state index in [1.165, 1.54) is 0 Å². The predicted molar refractivity (Wildman–Crippen MR) is 126 cm³/mol. The second kappa shape index (κ2) is 27.9. The number of ether oxygens (including phenoxy) is 8. The van der Waals surface area contributed by atoms with Gasteiger partial charge in [-0.3, -0.25) is 9.59 Å². The van der Waals surface area contributed by atoms with Gasteiger partial charge in [0, 0.05) is 12.8 Å². The Morgan fingerprint density at radius 2 is 0.647 bits per heavy atom. The summed E-state index contributed by atoms with van der Waals surface area (Å²) in [6, 6.07) is 0. The molecule has 0 fully saturated rings. The molecule has 202 valence electrons. The second-order valence-corrected chi connectivity index (χ2v) is 7.32. The Morgan fingerprint density at radius 1 is 0.412 bits per heavy atom. The van der Waals surface area contributed by atoms with Crippen molar-refractivity contribution in [3.63, 3.8) is 0 Å². The number of carbonyl (C=O) groups excluding carboxylic acids is 2.